The zero-order valence-electron chi connectivity index (χ0n) is 13.3. The van der Waals surface area contributed by atoms with Crippen LogP contribution in [0.5, 0.6) is 0 Å². The monoisotopic (exact) mass is 354 g/mol. The third kappa shape index (κ3) is 6.73. The van der Waals surface area contributed by atoms with Crippen molar-refractivity contribution in [3.8, 4) is 0 Å². The average molecular weight is 354 g/mol. The summed E-state index contributed by atoms with van der Waals surface area (Å²) in [5.41, 5.74) is 0.107. The van der Waals surface area contributed by atoms with Gasteiger partial charge in [0.2, 0.25) is 5.91 Å². The number of piperidine rings is 1. The number of rotatable bonds is 3. The van der Waals surface area contributed by atoms with Crippen molar-refractivity contribution in [3.05, 3.63) is 0 Å². The molecule has 2 aliphatic rings. The molecule has 2 heterocycles. The summed E-state index contributed by atoms with van der Waals surface area (Å²) in [6.45, 7) is 2.76. The van der Waals surface area contributed by atoms with Crippen LogP contribution in [0.3, 0.4) is 0 Å². The van der Waals surface area contributed by atoms with Gasteiger partial charge in [0.05, 0.1) is 7.11 Å². The van der Waals surface area contributed by atoms with E-state index >= 15 is 0 Å². The van der Waals surface area contributed by atoms with E-state index < -0.39 is 18.6 Å². The van der Waals surface area contributed by atoms with Crippen molar-refractivity contribution in [3.63, 3.8) is 0 Å². The predicted octanol–water partition coefficient (Wildman–Crippen LogP) is 0.785. The minimum atomic E-state index is -4.58. The molecule has 2 fully saturated rings. The number of carbonyl (C=O) groups is 3. The number of esters is 1. The maximum absolute atomic E-state index is 11.8. The first kappa shape index (κ1) is 20.2. The summed E-state index contributed by atoms with van der Waals surface area (Å²) in [6.07, 6.45) is -3.70. The van der Waals surface area contributed by atoms with E-state index in [2.05, 4.69) is 10.1 Å². The Labute approximate surface area is 137 Å². The molecule has 0 aromatic carbocycles. The lowest BCUT2D eigenvalue weighted by atomic mass is 9.78. The Kier molecular flexibility index (Phi) is 7.00. The second-order valence-electron chi connectivity index (χ2n) is 5.94. The lowest BCUT2D eigenvalue weighted by molar-refractivity contribution is -0.166. The molecule has 0 aliphatic carbocycles. The van der Waals surface area contributed by atoms with Gasteiger partial charge in [0.25, 0.3) is 0 Å². The second-order valence-corrected chi connectivity index (χ2v) is 5.94. The number of nitrogens with zero attached hydrogens (tertiary/aromatic N) is 1. The van der Waals surface area contributed by atoms with Crippen LogP contribution in [0.1, 0.15) is 25.7 Å². The summed E-state index contributed by atoms with van der Waals surface area (Å²) in [7, 11) is 1.35. The Hall–Kier alpha value is -1.84. The Bertz CT molecular complexity index is 476. The molecule has 0 saturated carbocycles. The van der Waals surface area contributed by atoms with Crippen LogP contribution in [0.4, 0.5) is 13.2 Å². The number of carbonyl (C=O) groups excluding carboxylic acids is 2. The van der Waals surface area contributed by atoms with Gasteiger partial charge in [-0.05, 0) is 31.3 Å². The van der Waals surface area contributed by atoms with Gasteiger partial charge in [-0.15, -0.1) is 0 Å². The van der Waals surface area contributed by atoms with E-state index in [9.17, 15) is 27.6 Å². The quantitative estimate of drug-likeness (QED) is 0.728. The summed E-state index contributed by atoms with van der Waals surface area (Å²) in [4.78, 5) is 33.9. The number of likely N-dealkylation sites (tertiary alicyclic amines) is 1. The average Bonchev–Trinajstić information content (AvgIpc) is 2.73. The zero-order chi connectivity index (χ0) is 18.4. The normalized spacial score (nSPS) is 19.7. The number of nitrogens with one attached hydrogen (secondary N) is 1. The fourth-order valence-corrected chi connectivity index (χ4v) is 2.81. The SMILES string of the molecule is COC(=O)CN1CC2(CCNCC2)CC1=O.O=C(O)CC(F)(F)F. The van der Waals surface area contributed by atoms with Gasteiger partial charge in [-0.3, -0.25) is 14.4 Å². The number of hydrogen-bond donors (Lipinski definition) is 2. The summed E-state index contributed by atoms with van der Waals surface area (Å²) in [5, 5.41) is 10.8. The van der Waals surface area contributed by atoms with Crippen LogP contribution in [-0.2, 0) is 19.1 Å². The van der Waals surface area contributed by atoms with Crippen LogP contribution >= 0.6 is 0 Å². The number of methoxy groups -OCH3 is 1. The molecule has 7 nitrogen and oxygen atoms in total. The van der Waals surface area contributed by atoms with Crippen molar-refractivity contribution in [2.24, 2.45) is 5.41 Å². The molecule has 2 N–H and O–H groups in total. The number of hydrogen-bond acceptors (Lipinski definition) is 5. The highest BCUT2D eigenvalue weighted by Gasteiger charge is 2.43. The van der Waals surface area contributed by atoms with Gasteiger partial charge < -0.3 is 20.1 Å². The van der Waals surface area contributed by atoms with Crippen molar-refractivity contribution in [1.82, 2.24) is 10.2 Å². The van der Waals surface area contributed by atoms with E-state index in [1.807, 2.05) is 0 Å². The summed E-state index contributed by atoms with van der Waals surface area (Å²) >= 11 is 0. The van der Waals surface area contributed by atoms with Gasteiger partial charge in [-0.2, -0.15) is 13.2 Å². The van der Waals surface area contributed by atoms with Crippen molar-refractivity contribution < 1.29 is 37.4 Å². The van der Waals surface area contributed by atoms with Gasteiger partial charge in [-0.25, -0.2) is 0 Å². The standard InChI is InChI=1S/C11H18N2O3.C3H3F3O2/c1-16-10(15)7-13-8-11(6-9(13)14)2-4-12-5-3-11;4-3(5,6)1-2(7)8/h12H,2-8H2,1H3;1H2,(H,7,8). The highest BCUT2D eigenvalue weighted by molar-refractivity contribution is 5.84. The maximum Gasteiger partial charge on any atom is 0.399 e. The first-order chi connectivity index (χ1) is 11.1. The van der Waals surface area contributed by atoms with Crippen LogP contribution in [0.2, 0.25) is 0 Å². The fourth-order valence-electron chi connectivity index (χ4n) is 2.81. The molecule has 0 aromatic heterocycles. The molecule has 0 aromatic rings. The molecule has 2 rings (SSSR count). The zero-order valence-corrected chi connectivity index (χ0v) is 13.3. The highest BCUT2D eigenvalue weighted by atomic mass is 19.4. The Morgan fingerprint density at radius 3 is 2.33 bits per heavy atom. The van der Waals surface area contributed by atoms with Crippen LogP contribution in [0.25, 0.3) is 0 Å². The topological polar surface area (TPSA) is 95.9 Å². The van der Waals surface area contributed by atoms with E-state index in [4.69, 9.17) is 5.11 Å². The third-order valence-corrected chi connectivity index (χ3v) is 3.97. The van der Waals surface area contributed by atoms with Crippen LogP contribution in [0, 0.1) is 5.41 Å². The van der Waals surface area contributed by atoms with Crippen LogP contribution < -0.4 is 5.32 Å². The Morgan fingerprint density at radius 2 is 1.92 bits per heavy atom. The Balaban J connectivity index is 0.000000307. The molecule has 0 atom stereocenters. The fraction of sp³-hybridized carbons (Fsp3) is 0.786. The van der Waals surface area contributed by atoms with E-state index in [1.54, 1.807) is 4.90 Å². The minimum Gasteiger partial charge on any atom is -0.481 e. The van der Waals surface area contributed by atoms with Crippen LogP contribution in [0.15, 0.2) is 0 Å². The lowest BCUT2D eigenvalue weighted by Crippen LogP contribution is -2.39. The molecule has 24 heavy (non-hydrogen) atoms. The number of carboxylic acids is 1. The molecule has 2 aliphatic heterocycles. The van der Waals surface area contributed by atoms with Gasteiger partial charge in [-0.1, -0.05) is 0 Å². The molecule has 1 amide bonds. The van der Waals surface area contributed by atoms with Crippen molar-refractivity contribution in [2.75, 3.05) is 33.3 Å². The first-order valence-corrected chi connectivity index (χ1v) is 7.41. The third-order valence-electron chi connectivity index (χ3n) is 3.97. The summed E-state index contributed by atoms with van der Waals surface area (Å²) in [5.74, 6) is -2.09. The molecule has 0 unspecified atom stereocenters. The molecule has 2 saturated heterocycles. The van der Waals surface area contributed by atoms with Gasteiger partial charge >= 0.3 is 18.1 Å². The minimum absolute atomic E-state index is 0.0901. The summed E-state index contributed by atoms with van der Waals surface area (Å²) in [6, 6.07) is 0. The van der Waals surface area contributed by atoms with Gasteiger partial charge in [0, 0.05) is 13.0 Å². The van der Waals surface area contributed by atoms with E-state index in [-0.39, 0.29) is 23.8 Å². The van der Waals surface area contributed by atoms with E-state index in [0.717, 1.165) is 25.9 Å². The van der Waals surface area contributed by atoms with Crippen molar-refractivity contribution in [1.29, 1.82) is 0 Å². The number of ether oxygens (including phenoxy) is 1. The second kappa shape index (κ2) is 8.32. The molecule has 1 spiro atoms. The lowest BCUT2D eigenvalue weighted by Gasteiger charge is -2.32. The first-order valence-electron chi connectivity index (χ1n) is 7.41. The number of amides is 1. The predicted molar refractivity (Wildman–Crippen MR) is 76.1 cm³/mol. The number of alkyl halides is 3. The van der Waals surface area contributed by atoms with E-state index in [0.29, 0.717) is 13.0 Å². The number of carboxylic acid groups (broad SMARTS) is 1. The van der Waals surface area contributed by atoms with Gasteiger partial charge in [0.1, 0.15) is 13.0 Å². The molecule has 10 heteroatoms. The number of aliphatic carboxylic acids is 1. The molecule has 138 valence electrons. The van der Waals surface area contributed by atoms with Crippen LogP contribution in [-0.4, -0.2) is 67.3 Å². The smallest absolute Gasteiger partial charge is 0.399 e. The molecular formula is C14H21F3N2O5. The number of halogens is 3. The highest BCUT2D eigenvalue weighted by Crippen LogP contribution is 2.39. The Morgan fingerprint density at radius 1 is 1.33 bits per heavy atom. The molecular weight excluding hydrogens is 333 g/mol. The van der Waals surface area contributed by atoms with E-state index in [1.165, 1.54) is 7.11 Å². The summed E-state index contributed by atoms with van der Waals surface area (Å²) < 4.78 is 37.4. The molecule has 0 radical (unpaired) electrons. The van der Waals surface area contributed by atoms with Gasteiger partial charge in [0.15, 0.2) is 0 Å². The molecule has 0 bridgehead atoms. The maximum atomic E-state index is 11.8. The van der Waals surface area contributed by atoms with Crippen molar-refractivity contribution in [2.45, 2.75) is 31.9 Å². The largest absolute Gasteiger partial charge is 0.481 e. The van der Waals surface area contributed by atoms with Crippen molar-refractivity contribution >= 4 is 17.8 Å².